The lowest BCUT2D eigenvalue weighted by Gasteiger charge is -2.37. The van der Waals surface area contributed by atoms with Gasteiger partial charge in [-0.3, -0.25) is 14.4 Å². The number of hydrogen-bond donors (Lipinski definition) is 1. The van der Waals surface area contributed by atoms with E-state index < -0.39 is 22.6 Å². The first-order valence-electron chi connectivity index (χ1n) is 11.8. The van der Waals surface area contributed by atoms with Crippen molar-refractivity contribution in [2.75, 3.05) is 26.3 Å². The number of rotatable bonds is 11. The summed E-state index contributed by atoms with van der Waals surface area (Å²) in [5.74, 6) is -1.86. The van der Waals surface area contributed by atoms with Gasteiger partial charge in [0.2, 0.25) is 11.8 Å². The summed E-state index contributed by atoms with van der Waals surface area (Å²) in [6, 6.07) is 9.04. The van der Waals surface area contributed by atoms with E-state index in [0.29, 0.717) is 25.9 Å². The van der Waals surface area contributed by atoms with E-state index in [1.54, 1.807) is 27.6 Å². The molecule has 7 nitrogen and oxygen atoms in total. The van der Waals surface area contributed by atoms with Crippen LogP contribution in [-0.2, 0) is 25.7 Å². The van der Waals surface area contributed by atoms with Crippen LogP contribution < -0.4 is 0 Å². The Bertz CT molecular complexity index is 954. The highest BCUT2D eigenvalue weighted by atomic mass is 32.2. The number of likely N-dealkylation sites (tertiary alicyclic amines) is 1. The van der Waals surface area contributed by atoms with Gasteiger partial charge in [-0.2, -0.15) is 0 Å². The highest BCUT2D eigenvalue weighted by molar-refractivity contribution is 8.02. The zero-order valence-electron chi connectivity index (χ0n) is 19.3. The normalized spacial score (nSPS) is 29.1. The monoisotopic (exact) mass is 484 g/mol. The van der Waals surface area contributed by atoms with Crippen LogP contribution in [0.4, 0.5) is 0 Å². The van der Waals surface area contributed by atoms with Gasteiger partial charge in [0.15, 0.2) is 0 Å². The molecule has 1 aromatic rings. The third-order valence-electron chi connectivity index (χ3n) is 7.08. The Hall–Kier alpha value is -2.58. The number of ether oxygens (including phenoxy) is 1. The average Bonchev–Trinajstić information content (AvgIpc) is 3.48. The fraction of sp³-hybridized carbons (Fsp3) is 0.500. The fourth-order valence-electron chi connectivity index (χ4n) is 5.78. The molecule has 0 radical (unpaired) electrons. The summed E-state index contributed by atoms with van der Waals surface area (Å²) in [5.41, 5.74) is 0.993. The molecule has 0 aromatic heterocycles. The Morgan fingerprint density at radius 1 is 1.26 bits per heavy atom. The van der Waals surface area contributed by atoms with E-state index in [-0.39, 0.29) is 42.8 Å². The number of thioether (sulfide) groups is 1. The molecule has 34 heavy (non-hydrogen) atoms. The molecule has 3 aliphatic heterocycles. The molecule has 8 heteroatoms. The molecule has 2 amide bonds. The van der Waals surface area contributed by atoms with Crippen molar-refractivity contribution in [3.63, 3.8) is 0 Å². The highest BCUT2D eigenvalue weighted by Gasteiger charge is 2.74. The quantitative estimate of drug-likeness (QED) is 0.383. The van der Waals surface area contributed by atoms with E-state index in [1.807, 2.05) is 30.3 Å². The molecule has 2 unspecified atom stereocenters. The maximum atomic E-state index is 14.1. The number of hydrogen-bond acceptors (Lipinski definition) is 6. The van der Waals surface area contributed by atoms with Gasteiger partial charge in [-0.1, -0.05) is 49.1 Å². The van der Waals surface area contributed by atoms with Gasteiger partial charge in [0.1, 0.15) is 12.6 Å². The van der Waals surface area contributed by atoms with Crippen molar-refractivity contribution in [2.45, 2.75) is 41.8 Å². The molecule has 1 spiro atoms. The van der Waals surface area contributed by atoms with Crippen molar-refractivity contribution in [2.24, 2.45) is 11.8 Å². The number of carbonyl (C=O) groups excluding carboxylic acids is 3. The Balaban J connectivity index is 1.68. The number of aliphatic hydroxyl groups is 1. The predicted molar refractivity (Wildman–Crippen MR) is 131 cm³/mol. The molecule has 5 atom stereocenters. The van der Waals surface area contributed by atoms with Gasteiger partial charge in [0.05, 0.1) is 16.6 Å². The number of amides is 2. The third-order valence-corrected chi connectivity index (χ3v) is 9.04. The molecule has 182 valence electrons. The molecule has 0 aliphatic carbocycles. The standard InChI is InChI=1S/C26H32N2O5S/c1-3-13-27(17-18-9-6-5-7-10-18)24(31)22-26-12-11-19(34-26)20(25(32)33-16-4-2)21(26)23(30)28(22)14-8-15-29/h3-7,9-10,19-22,29H,1-2,8,11-17H2/t19-,20+,21+,22?,26?/m1/s1. The maximum absolute atomic E-state index is 14.1. The Kier molecular flexibility index (Phi) is 7.48. The van der Waals surface area contributed by atoms with Crippen LogP contribution in [0.2, 0.25) is 0 Å². The number of carbonyl (C=O) groups is 3. The first kappa shape index (κ1) is 24.5. The minimum absolute atomic E-state index is 0.0384. The molecule has 3 fully saturated rings. The first-order chi connectivity index (χ1) is 16.5. The van der Waals surface area contributed by atoms with Crippen LogP contribution in [0.5, 0.6) is 0 Å². The van der Waals surface area contributed by atoms with Gasteiger partial charge in [-0.05, 0) is 24.8 Å². The molecule has 3 heterocycles. The largest absolute Gasteiger partial charge is 0.461 e. The van der Waals surface area contributed by atoms with Crippen LogP contribution in [0.15, 0.2) is 55.6 Å². The minimum atomic E-state index is -0.688. The molecule has 4 rings (SSSR count). The van der Waals surface area contributed by atoms with Gasteiger partial charge in [0, 0.05) is 31.5 Å². The van der Waals surface area contributed by atoms with Crippen molar-refractivity contribution in [1.29, 1.82) is 0 Å². The first-order valence-corrected chi connectivity index (χ1v) is 12.7. The lowest BCUT2D eigenvalue weighted by molar-refractivity contribution is -0.153. The topological polar surface area (TPSA) is 87.1 Å². The van der Waals surface area contributed by atoms with Gasteiger partial charge in [-0.15, -0.1) is 18.3 Å². The van der Waals surface area contributed by atoms with Crippen LogP contribution >= 0.6 is 11.8 Å². The second-order valence-electron chi connectivity index (χ2n) is 9.08. The summed E-state index contributed by atoms with van der Waals surface area (Å²) in [4.78, 5) is 44.1. The van der Waals surface area contributed by atoms with Gasteiger partial charge in [-0.25, -0.2) is 0 Å². The molecule has 1 N–H and O–H groups in total. The molecule has 0 saturated carbocycles. The van der Waals surface area contributed by atoms with E-state index in [1.165, 1.54) is 6.08 Å². The van der Waals surface area contributed by atoms with Crippen LogP contribution in [0.3, 0.4) is 0 Å². The molecule has 3 saturated heterocycles. The molecule has 2 bridgehead atoms. The smallest absolute Gasteiger partial charge is 0.311 e. The lowest BCUT2D eigenvalue weighted by atomic mass is 9.71. The van der Waals surface area contributed by atoms with E-state index in [4.69, 9.17) is 4.74 Å². The van der Waals surface area contributed by atoms with Gasteiger partial charge in [0.25, 0.3) is 0 Å². The minimum Gasteiger partial charge on any atom is -0.461 e. The fourth-order valence-corrected chi connectivity index (χ4v) is 7.99. The molecular weight excluding hydrogens is 452 g/mol. The maximum Gasteiger partial charge on any atom is 0.311 e. The Morgan fingerprint density at radius 3 is 2.71 bits per heavy atom. The number of benzene rings is 1. The summed E-state index contributed by atoms with van der Waals surface area (Å²) in [6.45, 7) is 8.48. The van der Waals surface area contributed by atoms with E-state index >= 15 is 0 Å². The third kappa shape index (κ3) is 4.18. The van der Waals surface area contributed by atoms with E-state index in [9.17, 15) is 19.5 Å². The van der Waals surface area contributed by atoms with Crippen molar-refractivity contribution in [1.82, 2.24) is 9.80 Å². The molecule has 3 aliphatic rings. The van der Waals surface area contributed by atoms with Gasteiger partial charge >= 0.3 is 5.97 Å². The number of esters is 1. The summed E-state index contributed by atoms with van der Waals surface area (Å²) in [5, 5.41) is 9.42. The average molecular weight is 485 g/mol. The Morgan fingerprint density at radius 2 is 2.03 bits per heavy atom. The van der Waals surface area contributed by atoms with E-state index in [2.05, 4.69) is 13.2 Å². The molecular formula is C26H32N2O5S. The van der Waals surface area contributed by atoms with Crippen LogP contribution in [0.1, 0.15) is 24.8 Å². The van der Waals surface area contributed by atoms with Crippen LogP contribution in [-0.4, -0.2) is 75.0 Å². The predicted octanol–water partition coefficient (Wildman–Crippen LogP) is 2.40. The zero-order valence-corrected chi connectivity index (χ0v) is 20.1. The summed E-state index contributed by atoms with van der Waals surface area (Å²) >= 11 is 1.61. The number of nitrogens with zero attached hydrogens (tertiary/aromatic N) is 2. The van der Waals surface area contributed by atoms with Crippen LogP contribution in [0, 0.1) is 11.8 Å². The van der Waals surface area contributed by atoms with Crippen molar-refractivity contribution in [3.05, 3.63) is 61.2 Å². The van der Waals surface area contributed by atoms with Gasteiger partial charge < -0.3 is 19.6 Å². The lowest BCUT2D eigenvalue weighted by Crippen LogP contribution is -2.54. The number of aliphatic hydroxyl groups excluding tert-OH is 1. The van der Waals surface area contributed by atoms with Crippen molar-refractivity contribution >= 4 is 29.5 Å². The Labute approximate surface area is 204 Å². The highest BCUT2D eigenvalue weighted by Crippen LogP contribution is 2.66. The summed E-state index contributed by atoms with van der Waals surface area (Å²) in [7, 11) is 0. The molecule has 1 aromatic carbocycles. The second-order valence-corrected chi connectivity index (χ2v) is 10.7. The second kappa shape index (κ2) is 10.4. The zero-order chi connectivity index (χ0) is 24.3. The SMILES string of the molecule is C=CCOC(=O)[C@@H]1[C@H]2C(=O)N(CCCO)C(C(=O)N(CC=C)Cc3ccccc3)C23CC[C@H]1S3. The number of fused-ring (bicyclic) bond motifs is 1. The summed E-state index contributed by atoms with van der Waals surface area (Å²) in [6.07, 6.45) is 5.04. The summed E-state index contributed by atoms with van der Waals surface area (Å²) < 4.78 is 4.70. The van der Waals surface area contributed by atoms with Crippen LogP contribution in [0.25, 0.3) is 0 Å². The van der Waals surface area contributed by atoms with Crippen molar-refractivity contribution in [3.8, 4) is 0 Å². The van der Waals surface area contributed by atoms with Crippen molar-refractivity contribution < 1.29 is 24.2 Å². The van der Waals surface area contributed by atoms with E-state index in [0.717, 1.165) is 12.0 Å².